The summed E-state index contributed by atoms with van der Waals surface area (Å²) < 4.78 is 5.45. The first-order valence-corrected chi connectivity index (χ1v) is 8.25. The normalized spacial score (nSPS) is 20.2. The number of hydrogen-bond donors (Lipinski definition) is 1. The Labute approximate surface area is 137 Å². The number of piperazine rings is 1. The molecule has 1 unspecified atom stereocenters. The molecular weight excluding hydrogens is 294 g/mol. The van der Waals surface area contributed by atoms with E-state index in [1.54, 1.807) is 13.4 Å². The Morgan fingerprint density at radius 3 is 2.61 bits per heavy atom. The summed E-state index contributed by atoms with van der Waals surface area (Å²) in [7, 11) is 1.65. The van der Waals surface area contributed by atoms with Crippen LogP contribution >= 0.6 is 0 Å². The molecule has 1 N–H and O–H groups in total. The highest BCUT2D eigenvalue weighted by atomic mass is 16.5. The Bertz CT molecular complexity index is 568. The van der Waals surface area contributed by atoms with Gasteiger partial charge in [-0.2, -0.15) is 0 Å². The third-order valence-electron chi connectivity index (χ3n) is 4.63. The molecule has 126 valence electrons. The van der Waals surface area contributed by atoms with Crippen LogP contribution in [0.1, 0.15) is 25.5 Å². The molecule has 1 aliphatic carbocycles. The van der Waals surface area contributed by atoms with Crippen molar-refractivity contribution in [1.29, 1.82) is 0 Å². The molecule has 2 aliphatic rings. The van der Waals surface area contributed by atoms with Crippen molar-refractivity contribution in [2.24, 2.45) is 0 Å². The van der Waals surface area contributed by atoms with Crippen LogP contribution in [-0.2, 0) is 4.79 Å². The largest absolute Gasteiger partial charge is 0.491 e. The first-order valence-electron chi connectivity index (χ1n) is 8.25. The summed E-state index contributed by atoms with van der Waals surface area (Å²) in [6.07, 6.45) is 3.82. The van der Waals surface area contributed by atoms with Gasteiger partial charge in [0.15, 0.2) is 11.6 Å². The smallest absolute Gasteiger partial charge is 0.237 e. The van der Waals surface area contributed by atoms with Crippen LogP contribution < -0.4 is 15.0 Å². The van der Waals surface area contributed by atoms with E-state index in [-0.39, 0.29) is 11.9 Å². The molecule has 1 aliphatic heterocycles. The van der Waals surface area contributed by atoms with Crippen LogP contribution in [0.3, 0.4) is 0 Å². The number of nitrogens with zero attached hydrogens (tertiary/aromatic N) is 4. The molecule has 3 rings (SSSR count). The fraction of sp³-hybridized carbons (Fsp3) is 0.688. The van der Waals surface area contributed by atoms with E-state index in [9.17, 15) is 4.79 Å². The summed E-state index contributed by atoms with van der Waals surface area (Å²) in [6, 6.07) is 0.339. The molecular formula is C16H25N5O2. The molecule has 1 saturated heterocycles. The first kappa shape index (κ1) is 16.0. The lowest BCUT2D eigenvalue weighted by Crippen LogP contribution is -2.54. The minimum absolute atomic E-state index is 0.0771. The summed E-state index contributed by atoms with van der Waals surface area (Å²) in [5, 5.41) is 3.08. The average molecular weight is 319 g/mol. The monoisotopic (exact) mass is 319 g/mol. The van der Waals surface area contributed by atoms with E-state index in [1.165, 1.54) is 0 Å². The Balaban J connectivity index is 1.59. The van der Waals surface area contributed by atoms with E-state index in [0.29, 0.717) is 6.04 Å². The Hall–Kier alpha value is -1.89. The van der Waals surface area contributed by atoms with Gasteiger partial charge in [0, 0.05) is 32.2 Å². The van der Waals surface area contributed by atoms with Crippen molar-refractivity contribution in [3.63, 3.8) is 0 Å². The maximum absolute atomic E-state index is 12.2. The van der Waals surface area contributed by atoms with Crippen molar-refractivity contribution < 1.29 is 9.53 Å². The number of nitrogens with one attached hydrogen (secondary N) is 1. The van der Waals surface area contributed by atoms with E-state index in [1.807, 2.05) is 13.8 Å². The third kappa shape index (κ3) is 3.55. The van der Waals surface area contributed by atoms with Gasteiger partial charge in [0.2, 0.25) is 5.91 Å². The number of amides is 1. The molecule has 1 aromatic heterocycles. The molecule has 7 nitrogen and oxygen atoms in total. The van der Waals surface area contributed by atoms with Crippen molar-refractivity contribution in [3.8, 4) is 5.75 Å². The number of hydrogen-bond acceptors (Lipinski definition) is 6. The lowest BCUT2D eigenvalue weighted by atomic mass is 10.2. The zero-order valence-electron chi connectivity index (χ0n) is 14.1. The molecule has 0 spiro atoms. The second-order valence-corrected chi connectivity index (χ2v) is 6.30. The number of aryl methyl sites for hydroxylation is 1. The van der Waals surface area contributed by atoms with Gasteiger partial charge >= 0.3 is 0 Å². The molecule has 0 radical (unpaired) electrons. The molecule has 23 heavy (non-hydrogen) atoms. The Morgan fingerprint density at radius 1 is 1.30 bits per heavy atom. The molecule has 1 saturated carbocycles. The van der Waals surface area contributed by atoms with Gasteiger partial charge in [0.05, 0.1) is 18.8 Å². The molecule has 1 atom stereocenters. The van der Waals surface area contributed by atoms with Crippen LogP contribution in [0.5, 0.6) is 5.75 Å². The molecule has 0 aromatic carbocycles. The summed E-state index contributed by atoms with van der Waals surface area (Å²) in [5.41, 5.74) is 0.845. The predicted octanol–water partition coefficient (Wildman–Crippen LogP) is 0.583. The van der Waals surface area contributed by atoms with E-state index in [4.69, 9.17) is 4.74 Å². The van der Waals surface area contributed by atoms with Crippen LogP contribution in [0.25, 0.3) is 0 Å². The van der Waals surface area contributed by atoms with Gasteiger partial charge < -0.3 is 15.0 Å². The van der Waals surface area contributed by atoms with Gasteiger partial charge in [0.25, 0.3) is 0 Å². The zero-order chi connectivity index (χ0) is 16.4. The van der Waals surface area contributed by atoms with Crippen LogP contribution in [-0.4, -0.2) is 66.1 Å². The van der Waals surface area contributed by atoms with Gasteiger partial charge in [-0.15, -0.1) is 0 Å². The molecule has 1 aromatic rings. The quantitative estimate of drug-likeness (QED) is 0.856. The second-order valence-electron chi connectivity index (χ2n) is 6.30. The van der Waals surface area contributed by atoms with Crippen LogP contribution in [0, 0.1) is 6.92 Å². The minimum Gasteiger partial charge on any atom is -0.491 e. The first-order chi connectivity index (χ1) is 11.1. The highest BCUT2D eigenvalue weighted by Gasteiger charge is 2.30. The van der Waals surface area contributed by atoms with E-state index in [0.717, 1.165) is 56.3 Å². The van der Waals surface area contributed by atoms with Gasteiger partial charge in [-0.3, -0.25) is 9.69 Å². The summed E-state index contributed by atoms with van der Waals surface area (Å²) >= 11 is 0. The summed E-state index contributed by atoms with van der Waals surface area (Å²) in [4.78, 5) is 25.2. The van der Waals surface area contributed by atoms with Crippen LogP contribution in [0.4, 0.5) is 5.82 Å². The van der Waals surface area contributed by atoms with E-state index >= 15 is 0 Å². The fourth-order valence-electron chi connectivity index (χ4n) is 2.95. The SMILES string of the molecule is COc1c(C)ncnc1N1CCN(C(C)C(=O)NC2CC2)CC1. The number of methoxy groups -OCH3 is 1. The summed E-state index contributed by atoms with van der Waals surface area (Å²) in [5.74, 6) is 1.73. The number of anilines is 1. The Morgan fingerprint density at radius 2 is 2.00 bits per heavy atom. The topological polar surface area (TPSA) is 70.6 Å². The predicted molar refractivity (Wildman–Crippen MR) is 87.7 cm³/mol. The molecule has 2 fully saturated rings. The average Bonchev–Trinajstić information content (AvgIpc) is 3.38. The zero-order valence-corrected chi connectivity index (χ0v) is 14.1. The lowest BCUT2D eigenvalue weighted by Gasteiger charge is -2.38. The van der Waals surface area contributed by atoms with Crippen LogP contribution in [0.2, 0.25) is 0 Å². The summed E-state index contributed by atoms with van der Waals surface area (Å²) in [6.45, 7) is 7.24. The van der Waals surface area contributed by atoms with E-state index < -0.39 is 0 Å². The maximum Gasteiger partial charge on any atom is 0.237 e. The van der Waals surface area contributed by atoms with Gasteiger partial charge in [0.1, 0.15) is 6.33 Å². The van der Waals surface area contributed by atoms with Gasteiger partial charge in [-0.05, 0) is 26.7 Å². The van der Waals surface area contributed by atoms with Crippen molar-refractivity contribution in [1.82, 2.24) is 20.2 Å². The molecule has 1 amide bonds. The third-order valence-corrected chi connectivity index (χ3v) is 4.63. The fourth-order valence-corrected chi connectivity index (χ4v) is 2.95. The van der Waals surface area contributed by atoms with Crippen molar-refractivity contribution >= 4 is 11.7 Å². The number of aromatic nitrogens is 2. The highest BCUT2D eigenvalue weighted by molar-refractivity contribution is 5.81. The van der Waals surface area contributed by atoms with Gasteiger partial charge in [-0.1, -0.05) is 0 Å². The molecule has 2 heterocycles. The number of ether oxygens (including phenoxy) is 1. The highest BCUT2D eigenvalue weighted by Crippen LogP contribution is 2.28. The standard InChI is InChI=1S/C16H25N5O2/c1-11-14(23-3)15(18-10-17-11)21-8-6-20(7-9-21)12(2)16(22)19-13-4-5-13/h10,12-13H,4-9H2,1-3H3,(H,19,22). The van der Waals surface area contributed by atoms with Crippen LogP contribution in [0.15, 0.2) is 6.33 Å². The molecule has 0 bridgehead atoms. The maximum atomic E-state index is 12.2. The Kier molecular flexibility index (Phi) is 4.66. The van der Waals surface area contributed by atoms with Crippen molar-refractivity contribution in [2.45, 2.75) is 38.8 Å². The minimum atomic E-state index is -0.0771. The van der Waals surface area contributed by atoms with Gasteiger partial charge in [-0.25, -0.2) is 9.97 Å². The van der Waals surface area contributed by atoms with E-state index in [2.05, 4.69) is 25.1 Å². The number of carbonyl (C=O) groups is 1. The molecule has 7 heteroatoms. The number of carbonyl (C=O) groups excluding carboxylic acids is 1. The number of rotatable bonds is 5. The van der Waals surface area contributed by atoms with Crippen molar-refractivity contribution in [3.05, 3.63) is 12.0 Å². The van der Waals surface area contributed by atoms with Crippen molar-refractivity contribution in [2.75, 3.05) is 38.2 Å². The lowest BCUT2D eigenvalue weighted by molar-refractivity contribution is -0.126. The second kappa shape index (κ2) is 6.70.